The molecule has 0 spiro atoms. The molecule has 1 aromatic carbocycles. The van der Waals surface area contributed by atoms with Crippen molar-refractivity contribution in [3.8, 4) is 5.75 Å². The Hall–Kier alpha value is -1.55. The summed E-state index contributed by atoms with van der Waals surface area (Å²) in [5.74, 6) is 0.745. The van der Waals surface area contributed by atoms with E-state index in [2.05, 4.69) is 12.2 Å². The van der Waals surface area contributed by atoms with Crippen molar-refractivity contribution in [1.29, 1.82) is 0 Å². The highest BCUT2D eigenvalue weighted by Crippen LogP contribution is 2.17. The Morgan fingerprint density at radius 1 is 1.33 bits per heavy atom. The van der Waals surface area contributed by atoms with E-state index in [1.54, 1.807) is 0 Å². The van der Waals surface area contributed by atoms with E-state index in [0.29, 0.717) is 6.42 Å². The van der Waals surface area contributed by atoms with Crippen molar-refractivity contribution in [2.45, 2.75) is 45.8 Å². The van der Waals surface area contributed by atoms with Gasteiger partial charge in [-0.15, -0.1) is 0 Å². The van der Waals surface area contributed by atoms with E-state index in [4.69, 9.17) is 10.5 Å². The predicted molar refractivity (Wildman–Crippen MR) is 73.7 cm³/mol. The lowest BCUT2D eigenvalue weighted by atomic mass is 10.2. The molecule has 1 aromatic rings. The molecule has 0 radical (unpaired) electrons. The summed E-state index contributed by atoms with van der Waals surface area (Å²) in [7, 11) is 0. The monoisotopic (exact) mass is 250 g/mol. The molecule has 0 saturated carbocycles. The maximum absolute atomic E-state index is 11.5. The number of ether oxygens (including phenoxy) is 1. The number of nitrogens with one attached hydrogen (secondary N) is 1. The van der Waals surface area contributed by atoms with Crippen LogP contribution >= 0.6 is 0 Å². The van der Waals surface area contributed by atoms with Crippen LogP contribution in [0.15, 0.2) is 24.3 Å². The Morgan fingerprint density at radius 2 is 1.94 bits per heavy atom. The van der Waals surface area contributed by atoms with Gasteiger partial charge in [0.1, 0.15) is 5.75 Å². The fourth-order valence-electron chi connectivity index (χ4n) is 1.44. The molecular formula is C14H22N2O2. The van der Waals surface area contributed by atoms with Crippen LogP contribution in [0.3, 0.4) is 0 Å². The second kappa shape index (κ2) is 7.01. The van der Waals surface area contributed by atoms with Crippen molar-refractivity contribution < 1.29 is 9.53 Å². The Labute approximate surface area is 109 Å². The second-order valence-electron chi connectivity index (χ2n) is 4.59. The standard InChI is InChI=1S/C14H22N2O2/c1-4-11(3)18-13-7-5-12(6-8-13)16-14(17)9-10(2)15/h5-8,10-11H,4,9,15H2,1-3H3,(H,16,17). The summed E-state index contributed by atoms with van der Waals surface area (Å²) in [4.78, 5) is 11.5. The molecule has 0 saturated heterocycles. The third-order valence-electron chi connectivity index (χ3n) is 2.56. The van der Waals surface area contributed by atoms with E-state index in [1.807, 2.05) is 38.1 Å². The molecule has 4 nitrogen and oxygen atoms in total. The van der Waals surface area contributed by atoms with Crippen LogP contribution in [-0.2, 0) is 4.79 Å². The van der Waals surface area contributed by atoms with Crippen molar-refractivity contribution in [3.63, 3.8) is 0 Å². The maximum atomic E-state index is 11.5. The van der Waals surface area contributed by atoms with E-state index in [-0.39, 0.29) is 18.1 Å². The number of carbonyl (C=O) groups is 1. The van der Waals surface area contributed by atoms with Crippen molar-refractivity contribution in [2.24, 2.45) is 5.73 Å². The summed E-state index contributed by atoms with van der Waals surface area (Å²) in [6.45, 7) is 5.91. The zero-order chi connectivity index (χ0) is 13.5. The lowest BCUT2D eigenvalue weighted by Crippen LogP contribution is -2.23. The van der Waals surface area contributed by atoms with Crippen molar-refractivity contribution >= 4 is 11.6 Å². The first-order valence-corrected chi connectivity index (χ1v) is 6.33. The molecule has 2 atom stereocenters. The molecule has 0 aromatic heterocycles. The molecular weight excluding hydrogens is 228 g/mol. The van der Waals surface area contributed by atoms with Gasteiger partial charge in [0.05, 0.1) is 6.10 Å². The number of nitrogens with two attached hydrogens (primary N) is 1. The van der Waals surface area contributed by atoms with Gasteiger partial charge in [-0.2, -0.15) is 0 Å². The fraction of sp³-hybridized carbons (Fsp3) is 0.500. The first-order chi connectivity index (χ1) is 8.51. The number of benzene rings is 1. The van der Waals surface area contributed by atoms with Crippen molar-refractivity contribution in [2.75, 3.05) is 5.32 Å². The largest absolute Gasteiger partial charge is 0.491 e. The van der Waals surface area contributed by atoms with E-state index >= 15 is 0 Å². The molecule has 0 aliphatic heterocycles. The third-order valence-corrected chi connectivity index (χ3v) is 2.56. The Bertz CT molecular complexity index is 374. The average molecular weight is 250 g/mol. The lowest BCUT2D eigenvalue weighted by molar-refractivity contribution is -0.116. The van der Waals surface area contributed by atoms with Crippen LogP contribution in [0.1, 0.15) is 33.6 Å². The van der Waals surface area contributed by atoms with Crippen LogP contribution in [0.4, 0.5) is 5.69 Å². The van der Waals surface area contributed by atoms with Crippen LogP contribution in [0.2, 0.25) is 0 Å². The minimum absolute atomic E-state index is 0.0689. The van der Waals surface area contributed by atoms with Crippen LogP contribution < -0.4 is 15.8 Å². The zero-order valence-corrected chi connectivity index (χ0v) is 11.3. The topological polar surface area (TPSA) is 64.3 Å². The summed E-state index contributed by atoms with van der Waals surface area (Å²) in [5, 5.41) is 2.79. The quantitative estimate of drug-likeness (QED) is 0.815. The molecule has 18 heavy (non-hydrogen) atoms. The highest BCUT2D eigenvalue weighted by atomic mass is 16.5. The van der Waals surface area contributed by atoms with Crippen molar-refractivity contribution in [3.05, 3.63) is 24.3 Å². The molecule has 0 aliphatic carbocycles. The van der Waals surface area contributed by atoms with Gasteiger partial charge >= 0.3 is 0 Å². The van der Waals surface area contributed by atoms with Gasteiger partial charge in [0.15, 0.2) is 0 Å². The molecule has 100 valence electrons. The number of hydrogen-bond donors (Lipinski definition) is 2. The molecule has 0 heterocycles. The van der Waals surface area contributed by atoms with Crippen molar-refractivity contribution in [1.82, 2.24) is 0 Å². The van der Waals surface area contributed by atoms with Crippen LogP contribution in [0.5, 0.6) is 5.75 Å². The number of hydrogen-bond acceptors (Lipinski definition) is 3. The first kappa shape index (κ1) is 14.5. The van der Waals surface area contributed by atoms with Gasteiger partial charge in [-0.25, -0.2) is 0 Å². The van der Waals surface area contributed by atoms with Gasteiger partial charge < -0.3 is 15.8 Å². The maximum Gasteiger partial charge on any atom is 0.225 e. The van der Waals surface area contributed by atoms with Gasteiger partial charge in [-0.1, -0.05) is 6.92 Å². The van der Waals surface area contributed by atoms with E-state index in [0.717, 1.165) is 17.9 Å². The lowest BCUT2D eigenvalue weighted by Gasteiger charge is -2.13. The Morgan fingerprint density at radius 3 is 2.44 bits per heavy atom. The minimum atomic E-state index is -0.127. The number of carbonyl (C=O) groups excluding carboxylic acids is 1. The predicted octanol–water partition coefficient (Wildman–Crippen LogP) is 2.54. The first-order valence-electron chi connectivity index (χ1n) is 6.33. The highest BCUT2D eigenvalue weighted by molar-refractivity contribution is 5.91. The van der Waals surface area contributed by atoms with Crippen LogP contribution in [0, 0.1) is 0 Å². The fourth-order valence-corrected chi connectivity index (χ4v) is 1.44. The molecule has 1 amide bonds. The summed E-state index contributed by atoms with van der Waals surface area (Å²) < 4.78 is 5.66. The molecule has 0 aliphatic rings. The average Bonchev–Trinajstić information content (AvgIpc) is 2.30. The van der Waals surface area contributed by atoms with Gasteiger partial charge in [-0.3, -0.25) is 4.79 Å². The van der Waals surface area contributed by atoms with Gasteiger partial charge in [0.2, 0.25) is 5.91 Å². The molecule has 2 unspecified atom stereocenters. The van der Waals surface area contributed by atoms with Gasteiger partial charge in [0.25, 0.3) is 0 Å². The van der Waals surface area contributed by atoms with Crippen LogP contribution in [0.25, 0.3) is 0 Å². The molecule has 0 bridgehead atoms. The van der Waals surface area contributed by atoms with Gasteiger partial charge in [0, 0.05) is 18.2 Å². The summed E-state index contributed by atoms with van der Waals surface area (Å²) in [6.07, 6.45) is 1.49. The van der Waals surface area contributed by atoms with E-state index in [1.165, 1.54) is 0 Å². The molecule has 0 fully saturated rings. The highest BCUT2D eigenvalue weighted by Gasteiger charge is 2.06. The van der Waals surface area contributed by atoms with E-state index < -0.39 is 0 Å². The Kier molecular flexibility index (Phi) is 5.65. The number of amides is 1. The minimum Gasteiger partial charge on any atom is -0.491 e. The van der Waals surface area contributed by atoms with Gasteiger partial charge in [-0.05, 0) is 44.5 Å². The zero-order valence-electron chi connectivity index (χ0n) is 11.3. The Balaban J connectivity index is 2.52. The summed E-state index contributed by atoms with van der Waals surface area (Å²) >= 11 is 0. The SMILES string of the molecule is CCC(C)Oc1ccc(NC(=O)CC(C)N)cc1. The summed E-state index contributed by atoms with van der Waals surface area (Å²) in [5.41, 5.74) is 6.32. The second-order valence-corrected chi connectivity index (χ2v) is 4.59. The van der Waals surface area contributed by atoms with E-state index in [9.17, 15) is 4.79 Å². The molecule has 3 N–H and O–H groups in total. The third kappa shape index (κ3) is 5.19. The molecule has 1 rings (SSSR count). The number of rotatable bonds is 6. The normalized spacial score (nSPS) is 13.8. The smallest absolute Gasteiger partial charge is 0.225 e. The summed E-state index contributed by atoms with van der Waals surface area (Å²) in [6, 6.07) is 7.24. The van der Waals surface area contributed by atoms with Crippen LogP contribution in [-0.4, -0.2) is 18.1 Å². The number of anilines is 1. The molecule has 4 heteroatoms.